The summed E-state index contributed by atoms with van der Waals surface area (Å²) < 4.78 is 16.2. The zero-order valence-corrected chi connectivity index (χ0v) is 12.4. The van der Waals surface area contributed by atoms with E-state index in [9.17, 15) is 0 Å². The van der Waals surface area contributed by atoms with Crippen molar-refractivity contribution in [3.63, 3.8) is 0 Å². The molecule has 0 heterocycles. The van der Waals surface area contributed by atoms with Crippen LogP contribution in [0.4, 0.5) is 0 Å². The third-order valence-electron chi connectivity index (χ3n) is 2.62. The van der Waals surface area contributed by atoms with Crippen LogP contribution in [0.15, 0.2) is 11.8 Å². The van der Waals surface area contributed by atoms with Gasteiger partial charge in [0, 0.05) is 6.61 Å². The van der Waals surface area contributed by atoms with E-state index in [-0.39, 0.29) is 0 Å². The third-order valence-corrected chi connectivity index (χ3v) is 2.62. The highest BCUT2D eigenvalue weighted by molar-refractivity contribution is 4.96. The summed E-state index contributed by atoms with van der Waals surface area (Å²) in [6.45, 7) is 9.91. The quantitative estimate of drug-likeness (QED) is 0.370. The van der Waals surface area contributed by atoms with Crippen molar-refractivity contribution < 1.29 is 14.2 Å². The molecule has 0 aromatic heterocycles. The molecule has 3 heteroatoms. The van der Waals surface area contributed by atoms with Crippen LogP contribution in [0.2, 0.25) is 0 Å². The SMILES string of the molecule is CCCC/C(=C/OCCOCCOCCC)CC. The molecule has 0 radical (unpaired) electrons. The van der Waals surface area contributed by atoms with Crippen molar-refractivity contribution in [2.45, 2.75) is 52.9 Å². The largest absolute Gasteiger partial charge is 0.499 e. The fourth-order valence-electron chi connectivity index (χ4n) is 1.47. The number of rotatable bonds is 13. The molecule has 0 aliphatic heterocycles. The van der Waals surface area contributed by atoms with Crippen molar-refractivity contribution >= 4 is 0 Å². The topological polar surface area (TPSA) is 27.7 Å². The minimum atomic E-state index is 0.628. The highest BCUT2D eigenvalue weighted by Crippen LogP contribution is 2.10. The van der Waals surface area contributed by atoms with E-state index < -0.39 is 0 Å². The summed E-state index contributed by atoms with van der Waals surface area (Å²) in [5.41, 5.74) is 1.39. The first kappa shape index (κ1) is 17.5. The molecule has 0 aromatic carbocycles. The van der Waals surface area contributed by atoms with Crippen LogP contribution in [0, 0.1) is 0 Å². The van der Waals surface area contributed by atoms with Gasteiger partial charge < -0.3 is 14.2 Å². The number of unbranched alkanes of at least 4 members (excludes halogenated alkanes) is 1. The van der Waals surface area contributed by atoms with Crippen LogP contribution in [0.25, 0.3) is 0 Å². The van der Waals surface area contributed by atoms with Crippen molar-refractivity contribution in [3.8, 4) is 0 Å². The molecule has 0 rings (SSSR count). The van der Waals surface area contributed by atoms with Gasteiger partial charge in [-0.25, -0.2) is 0 Å². The van der Waals surface area contributed by atoms with Gasteiger partial charge in [0.2, 0.25) is 0 Å². The van der Waals surface area contributed by atoms with Crippen molar-refractivity contribution in [1.82, 2.24) is 0 Å². The van der Waals surface area contributed by atoms with E-state index in [1.807, 2.05) is 6.26 Å². The van der Waals surface area contributed by atoms with Gasteiger partial charge in [0.15, 0.2) is 0 Å². The normalized spacial score (nSPS) is 11.8. The van der Waals surface area contributed by atoms with Gasteiger partial charge in [-0.15, -0.1) is 0 Å². The fourth-order valence-corrected chi connectivity index (χ4v) is 1.47. The van der Waals surface area contributed by atoms with Crippen molar-refractivity contribution in [2.75, 3.05) is 33.0 Å². The number of hydrogen-bond donors (Lipinski definition) is 0. The molecule has 0 aliphatic carbocycles. The van der Waals surface area contributed by atoms with Gasteiger partial charge in [0.1, 0.15) is 6.61 Å². The Morgan fingerprint density at radius 3 is 2.11 bits per heavy atom. The maximum Gasteiger partial charge on any atom is 0.111 e. The first-order chi connectivity index (χ1) is 8.85. The first-order valence-electron chi connectivity index (χ1n) is 7.30. The standard InChI is InChI=1S/C15H30O3/c1-4-7-8-15(6-3)14-18-13-12-17-11-10-16-9-5-2/h14H,4-13H2,1-3H3/b15-14+. The third kappa shape index (κ3) is 11.9. The van der Waals surface area contributed by atoms with Crippen LogP contribution in [0.3, 0.4) is 0 Å². The predicted molar refractivity (Wildman–Crippen MR) is 75.8 cm³/mol. The summed E-state index contributed by atoms with van der Waals surface area (Å²) in [5.74, 6) is 0. The van der Waals surface area contributed by atoms with E-state index in [0.717, 1.165) is 25.9 Å². The zero-order chi connectivity index (χ0) is 13.5. The van der Waals surface area contributed by atoms with Crippen LogP contribution in [-0.2, 0) is 14.2 Å². The number of hydrogen-bond acceptors (Lipinski definition) is 3. The number of ether oxygens (including phenoxy) is 3. The average Bonchev–Trinajstić information content (AvgIpc) is 2.40. The molecule has 0 saturated carbocycles. The number of allylic oxidation sites excluding steroid dienone is 1. The smallest absolute Gasteiger partial charge is 0.111 e. The highest BCUT2D eigenvalue weighted by Gasteiger charge is 1.94. The Morgan fingerprint density at radius 1 is 0.833 bits per heavy atom. The lowest BCUT2D eigenvalue weighted by molar-refractivity contribution is 0.0305. The second kappa shape index (κ2) is 14.5. The van der Waals surface area contributed by atoms with Gasteiger partial charge >= 0.3 is 0 Å². The molecule has 0 amide bonds. The van der Waals surface area contributed by atoms with Crippen LogP contribution < -0.4 is 0 Å². The summed E-state index contributed by atoms with van der Waals surface area (Å²) in [6.07, 6.45) is 7.68. The summed E-state index contributed by atoms with van der Waals surface area (Å²) in [4.78, 5) is 0. The summed E-state index contributed by atoms with van der Waals surface area (Å²) >= 11 is 0. The Bertz CT molecular complexity index is 190. The molecule has 0 N–H and O–H groups in total. The van der Waals surface area contributed by atoms with Gasteiger partial charge in [0.25, 0.3) is 0 Å². The second-order valence-electron chi connectivity index (χ2n) is 4.33. The monoisotopic (exact) mass is 258 g/mol. The van der Waals surface area contributed by atoms with E-state index in [0.29, 0.717) is 26.4 Å². The Labute approximate surface area is 112 Å². The Morgan fingerprint density at radius 2 is 1.50 bits per heavy atom. The van der Waals surface area contributed by atoms with Gasteiger partial charge in [-0.3, -0.25) is 0 Å². The predicted octanol–water partition coefficient (Wildman–Crippen LogP) is 3.93. The molecule has 0 aliphatic rings. The molecule has 18 heavy (non-hydrogen) atoms. The Balaban J connectivity index is 3.33. The highest BCUT2D eigenvalue weighted by atomic mass is 16.5. The van der Waals surface area contributed by atoms with Gasteiger partial charge in [-0.2, -0.15) is 0 Å². The van der Waals surface area contributed by atoms with Crippen LogP contribution in [-0.4, -0.2) is 33.0 Å². The minimum absolute atomic E-state index is 0.628. The van der Waals surface area contributed by atoms with E-state index in [2.05, 4.69) is 20.8 Å². The van der Waals surface area contributed by atoms with Crippen molar-refractivity contribution in [3.05, 3.63) is 11.8 Å². The van der Waals surface area contributed by atoms with E-state index in [1.54, 1.807) is 0 Å². The maximum absolute atomic E-state index is 5.48. The van der Waals surface area contributed by atoms with Crippen LogP contribution in [0.5, 0.6) is 0 Å². The van der Waals surface area contributed by atoms with Gasteiger partial charge in [-0.05, 0) is 31.3 Å². The lowest BCUT2D eigenvalue weighted by atomic mass is 10.1. The summed E-state index contributed by atoms with van der Waals surface area (Å²) in [5, 5.41) is 0. The first-order valence-corrected chi connectivity index (χ1v) is 7.30. The summed E-state index contributed by atoms with van der Waals surface area (Å²) in [7, 11) is 0. The molecule has 0 unspecified atom stereocenters. The van der Waals surface area contributed by atoms with Gasteiger partial charge in [-0.1, -0.05) is 27.2 Å². The molecule has 0 saturated heterocycles. The van der Waals surface area contributed by atoms with Crippen molar-refractivity contribution in [2.24, 2.45) is 0 Å². The summed E-state index contributed by atoms with van der Waals surface area (Å²) in [6, 6.07) is 0. The molecule has 108 valence electrons. The Hall–Kier alpha value is -0.540. The second-order valence-corrected chi connectivity index (χ2v) is 4.33. The maximum atomic E-state index is 5.48. The molecule has 0 bridgehead atoms. The molecule has 0 spiro atoms. The molecular weight excluding hydrogens is 228 g/mol. The minimum Gasteiger partial charge on any atom is -0.499 e. The lowest BCUT2D eigenvalue weighted by Gasteiger charge is -2.07. The Kier molecular flexibility index (Phi) is 14.1. The van der Waals surface area contributed by atoms with E-state index in [4.69, 9.17) is 14.2 Å². The lowest BCUT2D eigenvalue weighted by Crippen LogP contribution is -2.08. The molecule has 0 fully saturated rings. The van der Waals surface area contributed by atoms with Crippen LogP contribution in [0.1, 0.15) is 52.9 Å². The van der Waals surface area contributed by atoms with Crippen LogP contribution >= 0.6 is 0 Å². The van der Waals surface area contributed by atoms with Gasteiger partial charge in [0.05, 0.1) is 26.1 Å². The van der Waals surface area contributed by atoms with Crippen molar-refractivity contribution in [1.29, 1.82) is 0 Å². The molecule has 0 aromatic rings. The van der Waals surface area contributed by atoms with E-state index >= 15 is 0 Å². The molecular formula is C15H30O3. The van der Waals surface area contributed by atoms with E-state index in [1.165, 1.54) is 18.4 Å². The average molecular weight is 258 g/mol. The molecule has 3 nitrogen and oxygen atoms in total. The molecule has 0 atom stereocenters. The fraction of sp³-hybridized carbons (Fsp3) is 0.867. The zero-order valence-electron chi connectivity index (χ0n) is 12.4.